The fraction of sp³-hybridized carbons (Fsp3) is 0. The summed E-state index contributed by atoms with van der Waals surface area (Å²) in [7, 11) is -8.33. The zero-order chi connectivity index (χ0) is 20.4. The Labute approximate surface area is 159 Å². The van der Waals surface area contributed by atoms with Crippen molar-refractivity contribution >= 4 is 31.7 Å². The highest BCUT2D eigenvalue weighted by molar-refractivity contribution is 7.93. The van der Waals surface area contributed by atoms with Gasteiger partial charge in [0.25, 0.3) is 20.0 Å². The summed E-state index contributed by atoms with van der Waals surface area (Å²) in [6.45, 7) is 0. The molecule has 0 bridgehead atoms. The highest BCUT2D eigenvalue weighted by Crippen LogP contribution is 2.21. The number of nitrogens with one attached hydrogen (secondary N) is 2. The second-order valence-corrected chi connectivity index (χ2v) is 8.72. The third kappa shape index (κ3) is 4.40. The lowest BCUT2D eigenvalue weighted by Crippen LogP contribution is -2.16. The van der Waals surface area contributed by atoms with Crippen LogP contribution in [0.15, 0.2) is 70.7 Å². The molecule has 0 saturated heterocycles. The van der Waals surface area contributed by atoms with Crippen molar-refractivity contribution in [2.75, 3.05) is 9.44 Å². The van der Waals surface area contributed by atoms with Gasteiger partial charge in [-0.1, -0.05) is 0 Å². The molecule has 28 heavy (non-hydrogen) atoms. The zero-order valence-corrected chi connectivity index (χ0v) is 15.5. The summed E-state index contributed by atoms with van der Waals surface area (Å²) in [5.41, 5.74) is -0.0152. The van der Waals surface area contributed by atoms with Crippen molar-refractivity contribution in [1.82, 2.24) is 9.97 Å². The summed E-state index contributed by atoms with van der Waals surface area (Å²) in [5, 5.41) is 0. The standard InChI is InChI=1S/C16H12F2N4O4S2/c17-11-2-7-15(14(18)10-11)28(25,26)21-12-3-5-13(6-4-12)27(23,24)22-16-19-8-1-9-20-16/h1-10,21H,(H,19,20,22). The molecule has 1 aromatic heterocycles. The van der Waals surface area contributed by atoms with Gasteiger partial charge in [-0.2, -0.15) is 0 Å². The Morgan fingerprint density at radius 2 is 1.43 bits per heavy atom. The van der Waals surface area contributed by atoms with Crippen LogP contribution in [0.4, 0.5) is 20.4 Å². The van der Waals surface area contributed by atoms with Crippen LogP contribution in [0.1, 0.15) is 0 Å². The van der Waals surface area contributed by atoms with E-state index in [4.69, 9.17) is 0 Å². The van der Waals surface area contributed by atoms with E-state index in [2.05, 4.69) is 19.4 Å². The maximum absolute atomic E-state index is 13.7. The van der Waals surface area contributed by atoms with E-state index >= 15 is 0 Å². The highest BCUT2D eigenvalue weighted by Gasteiger charge is 2.20. The van der Waals surface area contributed by atoms with E-state index in [-0.39, 0.29) is 16.5 Å². The summed E-state index contributed by atoms with van der Waals surface area (Å²) in [4.78, 5) is 6.58. The van der Waals surface area contributed by atoms with Crippen LogP contribution in [0.2, 0.25) is 0 Å². The quantitative estimate of drug-likeness (QED) is 0.625. The van der Waals surface area contributed by atoms with Crippen LogP contribution in [0, 0.1) is 11.6 Å². The van der Waals surface area contributed by atoms with Crippen molar-refractivity contribution < 1.29 is 25.6 Å². The SMILES string of the molecule is O=S(=O)(Nc1ncccn1)c1ccc(NS(=O)(=O)c2ccc(F)cc2F)cc1. The Hall–Kier alpha value is -3.12. The third-order valence-corrected chi connectivity index (χ3v) is 6.15. The van der Waals surface area contributed by atoms with Crippen LogP contribution in [-0.4, -0.2) is 26.8 Å². The smallest absolute Gasteiger partial charge is 0.264 e. The van der Waals surface area contributed by atoms with E-state index in [0.29, 0.717) is 6.07 Å². The maximum atomic E-state index is 13.7. The topological polar surface area (TPSA) is 118 Å². The van der Waals surface area contributed by atoms with Gasteiger partial charge < -0.3 is 0 Å². The van der Waals surface area contributed by atoms with Gasteiger partial charge in [-0.3, -0.25) is 4.72 Å². The minimum Gasteiger partial charge on any atom is -0.280 e. The van der Waals surface area contributed by atoms with Crippen LogP contribution < -0.4 is 9.44 Å². The van der Waals surface area contributed by atoms with Crippen molar-refractivity contribution in [1.29, 1.82) is 0 Å². The number of benzene rings is 2. The van der Waals surface area contributed by atoms with Crippen LogP contribution in [0.5, 0.6) is 0 Å². The van der Waals surface area contributed by atoms with Gasteiger partial charge in [0.15, 0.2) is 0 Å². The molecule has 8 nitrogen and oxygen atoms in total. The van der Waals surface area contributed by atoms with Crippen molar-refractivity contribution in [2.45, 2.75) is 9.79 Å². The van der Waals surface area contributed by atoms with E-state index in [9.17, 15) is 25.6 Å². The van der Waals surface area contributed by atoms with E-state index in [1.54, 1.807) is 0 Å². The number of halogens is 2. The molecule has 1 heterocycles. The summed E-state index contributed by atoms with van der Waals surface area (Å²) in [6, 6.07) is 8.21. The molecule has 0 radical (unpaired) electrons. The predicted octanol–water partition coefficient (Wildman–Crippen LogP) is 2.36. The van der Waals surface area contributed by atoms with Crippen molar-refractivity contribution in [3.8, 4) is 0 Å². The normalized spacial score (nSPS) is 11.8. The molecule has 0 saturated carbocycles. The van der Waals surface area contributed by atoms with Crippen molar-refractivity contribution in [2.24, 2.45) is 0 Å². The summed E-state index contributed by atoms with van der Waals surface area (Å²) in [5.74, 6) is -2.29. The lowest BCUT2D eigenvalue weighted by Gasteiger charge is -2.10. The molecule has 3 aromatic rings. The molecule has 12 heteroatoms. The first kappa shape index (κ1) is 19.6. The Balaban J connectivity index is 1.81. The Kier molecular flexibility index (Phi) is 5.25. The Bertz CT molecular complexity index is 1200. The number of aromatic nitrogens is 2. The first-order valence-electron chi connectivity index (χ1n) is 7.55. The minimum atomic E-state index is -4.33. The summed E-state index contributed by atoms with van der Waals surface area (Å²) >= 11 is 0. The molecule has 0 amide bonds. The van der Waals surface area contributed by atoms with Gasteiger partial charge in [0, 0.05) is 24.1 Å². The number of rotatable bonds is 6. The van der Waals surface area contributed by atoms with Gasteiger partial charge in [-0.05, 0) is 42.5 Å². The number of anilines is 2. The summed E-state index contributed by atoms with van der Waals surface area (Å²) in [6.07, 6.45) is 2.72. The van der Waals surface area contributed by atoms with Gasteiger partial charge in [-0.15, -0.1) is 0 Å². The molecule has 0 fully saturated rings. The average Bonchev–Trinajstić information content (AvgIpc) is 2.62. The molecule has 0 atom stereocenters. The molecular weight excluding hydrogens is 414 g/mol. The van der Waals surface area contributed by atoms with Crippen molar-refractivity contribution in [3.63, 3.8) is 0 Å². The molecule has 0 unspecified atom stereocenters. The fourth-order valence-corrected chi connectivity index (χ4v) is 4.21. The van der Waals surface area contributed by atoms with E-state index in [1.165, 1.54) is 30.6 Å². The highest BCUT2D eigenvalue weighted by atomic mass is 32.2. The van der Waals surface area contributed by atoms with Crippen molar-refractivity contribution in [3.05, 3.63) is 72.6 Å². The molecule has 2 aromatic carbocycles. The fourth-order valence-electron chi connectivity index (χ4n) is 2.14. The van der Waals surface area contributed by atoms with E-state index in [1.807, 2.05) is 0 Å². The molecular formula is C16H12F2N4O4S2. The minimum absolute atomic E-state index is 0.0152. The van der Waals surface area contributed by atoms with E-state index in [0.717, 1.165) is 24.3 Å². The van der Waals surface area contributed by atoms with Gasteiger partial charge in [0.2, 0.25) is 5.95 Å². The monoisotopic (exact) mass is 426 g/mol. The Morgan fingerprint density at radius 3 is 2.04 bits per heavy atom. The molecule has 0 aliphatic heterocycles. The van der Waals surface area contributed by atoms with Gasteiger partial charge >= 0.3 is 0 Å². The number of nitrogens with zero attached hydrogens (tertiary/aromatic N) is 2. The maximum Gasteiger partial charge on any atom is 0.264 e. The number of hydrogen-bond acceptors (Lipinski definition) is 6. The number of sulfonamides is 2. The molecule has 3 rings (SSSR count). The molecule has 0 spiro atoms. The molecule has 0 aliphatic carbocycles. The second kappa shape index (κ2) is 7.48. The molecule has 0 aliphatic rings. The van der Waals surface area contributed by atoms with Crippen LogP contribution in [-0.2, 0) is 20.0 Å². The van der Waals surface area contributed by atoms with Gasteiger partial charge in [0.05, 0.1) is 4.90 Å². The summed E-state index contributed by atoms with van der Waals surface area (Å²) < 4.78 is 80.0. The van der Waals surface area contributed by atoms with Gasteiger partial charge in [-0.25, -0.2) is 40.3 Å². The molecule has 146 valence electrons. The third-order valence-electron chi connectivity index (χ3n) is 3.39. The lowest BCUT2D eigenvalue weighted by atomic mass is 10.3. The van der Waals surface area contributed by atoms with Crippen LogP contribution in [0.25, 0.3) is 0 Å². The van der Waals surface area contributed by atoms with Gasteiger partial charge in [0.1, 0.15) is 16.5 Å². The van der Waals surface area contributed by atoms with Crippen LogP contribution >= 0.6 is 0 Å². The first-order chi connectivity index (χ1) is 13.2. The largest absolute Gasteiger partial charge is 0.280 e. The van der Waals surface area contributed by atoms with E-state index < -0.39 is 36.6 Å². The molecule has 2 N–H and O–H groups in total. The van der Waals surface area contributed by atoms with Crippen LogP contribution in [0.3, 0.4) is 0 Å². The predicted molar refractivity (Wildman–Crippen MR) is 96.4 cm³/mol. The zero-order valence-electron chi connectivity index (χ0n) is 13.9. The average molecular weight is 426 g/mol. The first-order valence-corrected chi connectivity index (χ1v) is 10.5. The number of hydrogen-bond donors (Lipinski definition) is 2. The second-order valence-electron chi connectivity index (χ2n) is 5.38. The Morgan fingerprint density at radius 1 is 0.786 bits per heavy atom. The lowest BCUT2D eigenvalue weighted by molar-refractivity contribution is 0.551.